The van der Waals surface area contributed by atoms with Crippen LogP contribution in [0, 0.1) is 63.6 Å². The molecule has 4 fully saturated rings. The predicted octanol–water partition coefficient (Wildman–Crippen LogP) is 9.55. The van der Waals surface area contributed by atoms with Crippen LogP contribution in [0.3, 0.4) is 0 Å². The second kappa shape index (κ2) is 8.20. The highest BCUT2D eigenvalue weighted by molar-refractivity contribution is 5.13. The Kier molecular flexibility index (Phi) is 6.32. The van der Waals surface area contributed by atoms with Crippen LogP contribution in [-0.2, 0) is 0 Å². The Hall–Kier alpha value is -0.260. The topological polar surface area (TPSA) is 0 Å². The molecular formula is C31H54. The van der Waals surface area contributed by atoms with Gasteiger partial charge in [-0.05, 0) is 135 Å². The van der Waals surface area contributed by atoms with Gasteiger partial charge in [-0.3, -0.25) is 0 Å². The van der Waals surface area contributed by atoms with E-state index < -0.39 is 0 Å². The maximum absolute atomic E-state index is 2.78. The summed E-state index contributed by atoms with van der Waals surface area (Å²) in [5.41, 5.74) is 3.18. The van der Waals surface area contributed by atoms with Crippen molar-refractivity contribution in [3.63, 3.8) is 0 Å². The van der Waals surface area contributed by atoms with Crippen LogP contribution in [0.15, 0.2) is 11.6 Å². The van der Waals surface area contributed by atoms with Gasteiger partial charge in [0.25, 0.3) is 0 Å². The number of hydrogen-bond donors (Lipinski definition) is 0. The minimum Gasteiger partial charge on any atom is -0.0859 e. The molecule has 0 amide bonds. The second-order valence-electron chi connectivity index (χ2n) is 14.5. The van der Waals surface area contributed by atoms with Gasteiger partial charge >= 0.3 is 0 Å². The molecule has 0 aromatic carbocycles. The molecule has 0 saturated heterocycles. The lowest BCUT2D eigenvalue weighted by Crippen LogP contribution is -2.59. The Morgan fingerprint density at radius 3 is 2.19 bits per heavy atom. The van der Waals surface area contributed by atoms with Gasteiger partial charge in [0.15, 0.2) is 0 Å². The molecule has 0 N–H and O–H groups in total. The third-order valence-corrected chi connectivity index (χ3v) is 12.3. The highest BCUT2D eigenvalue weighted by atomic mass is 14.7. The van der Waals surface area contributed by atoms with E-state index in [-0.39, 0.29) is 0 Å². The van der Waals surface area contributed by atoms with Gasteiger partial charge in [0.1, 0.15) is 0 Å². The highest BCUT2D eigenvalue weighted by Crippen LogP contribution is 2.72. The van der Waals surface area contributed by atoms with Crippen LogP contribution in [0.1, 0.15) is 120 Å². The summed E-state index contributed by atoms with van der Waals surface area (Å²) in [6, 6.07) is 0. The van der Waals surface area contributed by atoms with Crippen molar-refractivity contribution < 1.29 is 0 Å². The Morgan fingerprint density at radius 1 is 0.871 bits per heavy atom. The molecule has 10 unspecified atom stereocenters. The van der Waals surface area contributed by atoms with E-state index in [1.165, 1.54) is 63.4 Å². The molecule has 10 atom stereocenters. The van der Waals surface area contributed by atoms with Crippen molar-refractivity contribution >= 4 is 0 Å². The first-order chi connectivity index (χ1) is 14.4. The minimum atomic E-state index is 0.485. The van der Waals surface area contributed by atoms with E-state index in [4.69, 9.17) is 0 Å². The van der Waals surface area contributed by atoms with Crippen LogP contribution in [0.5, 0.6) is 0 Å². The third kappa shape index (κ3) is 3.79. The van der Waals surface area contributed by atoms with Gasteiger partial charge in [0.2, 0.25) is 0 Å². The summed E-state index contributed by atoms with van der Waals surface area (Å²) >= 11 is 0. The minimum absolute atomic E-state index is 0.485. The fourth-order valence-corrected chi connectivity index (χ4v) is 10.3. The van der Waals surface area contributed by atoms with Crippen LogP contribution in [0.25, 0.3) is 0 Å². The maximum Gasteiger partial charge on any atom is -0.0261 e. The SMILES string of the molecule is CC(C)=CCCC(C)(C)C1CCC2C1C(C)CC1C3(C)CCC(C)C(C)C3CCC21C. The summed E-state index contributed by atoms with van der Waals surface area (Å²) < 4.78 is 0. The van der Waals surface area contributed by atoms with Crippen molar-refractivity contribution in [1.29, 1.82) is 0 Å². The standard InChI is InChI=1S/C31H54/c1-20(2)11-10-16-29(6,7)25-12-13-26-28(25)22(4)19-27-30(8)17-14-21(3)23(5)24(30)15-18-31(26,27)9/h11,21-28H,10,12-19H2,1-9H3. The largest absolute Gasteiger partial charge is 0.0859 e. The second-order valence-corrected chi connectivity index (χ2v) is 14.5. The summed E-state index contributed by atoms with van der Waals surface area (Å²) in [5.74, 6) is 7.64. The van der Waals surface area contributed by atoms with Gasteiger partial charge in [-0.15, -0.1) is 0 Å². The van der Waals surface area contributed by atoms with Crippen molar-refractivity contribution in [2.24, 2.45) is 63.6 Å². The molecule has 178 valence electrons. The first-order valence-electron chi connectivity index (χ1n) is 14.0. The van der Waals surface area contributed by atoms with E-state index in [9.17, 15) is 0 Å². The first-order valence-corrected chi connectivity index (χ1v) is 14.0. The van der Waals surface area contributed by atoms with Crippen LogP contribution < -0.4 is 0 Å². The zero-order valence-corrected chi connectivity index (χ0v) is 22.6. The molecule has 4 rings (SSSR count). The molecule has 0 heteroatoms. The molecule has 4 aliphatic rings. The number of rotatable bonds is 4. The zero-order valence-electron chi connectivity index (χ0n) is 22.6. The molecule has 4 aliphatic carbocycles. The normalized spacial score (nSPS) is 49.7. The predicted molar refractivity (Wildman–Crippen MR) is 136 cm³/mol. The number of hydrogen-bond acceptors (Lipinski definition) is 0. The summed E-state index contributed by atoms with van der Waals surface area (Å²) in [5, 5.41) is 0. The summed E-state index contributed by atoms with van der Waals surface area (Å²) in [6.45, 7) is 23.1. The molecule has 0 bridgehead atoms. The molecule has 0 aromatic rings. The van der Waals surface area contributed by atoms with Crippen LogP contribution in [-0.4, -0.2) is 0 Å². The third-order valence-electron chi connectivity index (χ3n) is 12.3. The lowest BCUT2D eigenvalue weighted by molar-refractivity contribution is -0.177. The van der Waals surface area contributed by atoms with Gasteiger partial charge in [-0.25, -0.2) is 0 Å². The quantitative estimate of drug-likeness (QED) is 0.392. The number of fused-ring (bicyclic) bond motifs is 5. The van der Waals surface area contributed by atoms with Crippen molar-refractivity contribution in [3.05, 3.63) is 11.6 Å². The van der Waals surface area contributed by atoms with Crippen molar-refractivity contribution in [2.75, 3.05) is 0 Å². The Bertz CT molecular complexity index is 680. The average molecular weight is 427 g/mol. The molecule has 31 heavy (non-hydrogen) atoms. The molecule has 0 aromatic heterocycles. The van der Waals surface area contributed by atoms with Gasteiger partial charge < -0.3 is 0 Å². The lowest BCUT2D eigenvalue weighted by Gasteiger charge is -2.66. The van der Waals surface area contributed by atoms with Crippen LogP contribution >= 0.6 is 0 Å². The van der Waals surface area contributed by atoms with E-state index in [1.54, 1.807) is 0 Å². The molecular weight excluding hydrogens is 372 g/mol. The Morgan fingerprint density at radius 2 is 1.52 bits per heavy atom. The number of allylic oxidation sites excluding steroid dienone is 2. The van der Waals surface area contributed by atoms with Crippen LogP contribution in [0.2, 0.25) is 0 Å². The average Bonchev–Trinajstić information content (AvgIpc) is 3.15. The molecule has 0 radical (unpaired) electrons. The zero-order chi connectivity index (χ0) is 22.8. The molecule has 0 spiro atoms. The van der Waals surface area contributed by atoms with E-state index >= 15 is 0 Å². The summed E-state index contributed by atoms with van der Waals surface area (Å²) in [6.07, 6.45) is 15.7. The van der Waals surface area contributed by atoms with Gasteiger partial charge in [-0.2, -0.15) is 0 Å². The van der Waals surface area contributed by atoms with Gasteiger partial charge in [0, 0.05) is 0 Å². The molecule has 0 heterocycles. The van der Waals surface area contributed by atoms with Crippen molar-refractivity contribution in [3.8, 4) is 0 Å². The summed E-state index contributed by atoms with van der Waals surface area (Å²) in [7, 11) is 0. The monoisotopic (exact) mass is 426 g/mol. The molecule has 4 saturated carbocycles. The Balaban J connectivity index is 1.59. The molecule has 0 nitrogen and oxygen atoms in total. The van der Waals surface area contributed by atoms with Crippen LogP contribution in [0.4, 0.5) is 0 Å². The smallest absolute Gasteiger partial charge is 0.0261 e. The van der Waals surface area contributed by atoms with Gasteiger partial charge in [-0.1, -0.05) is 60.1 Å². The van der Waals surface area contributed by atoms with E-state index in [1.807, 2.05) is 0 Å². The molecule has 0 aliphatic heterocycles. The summed E-state index contributed by atoms with van der Waals surface area (Å²) in [4.78, 5) is 0. The van der Waals surface area contributed by atoms with E-state index in [0.29, 0.717) is 16.2 Å². The van der Waals surface area contributed by atoms with E-state index in [0.717, 1.165) is 47.3 Å². The lowest BCUT2D eigenvalue weighted by atomic mass is 9.38. The van der Waals surface area contributed by atoms with E-state index in [2.05, 4.69) is 68.4 Å². The fraction of sp³-hybridized carbons (Fsp3) is 0.935. The highest BCUT2D eigenvalue weighted by Gasteiger charge is 2.64. The maximum atomic E-state index is 2.78. The van der Waals surface area contributed by atoms with Crippen molar-refractivity contribution in [1.82, 2.24) is 0 Å². The Labute approximate surface area is 195 Å². The first kappa shape index (κ1) is 23.9. The van der Waals surface area contributed by atoms with Gasteiger partial charge in [0.05, 0.1) is 0 Å². The fourth-order valence-electron chi connectivity index (χ4n) is 10.3. The van der Waals surface area contributed by atoms with Crippen molar-refractivity contribution in [2.45, 2.75) is 120 Å².